The van der Waals surface area contributed by atoms with E-state index in [0.717, 1.165) is 22.5 Å². The van der Waals surface area contributed by atoms with Gasteiger partial charge in [0.15, 0.2) is 0 Å². The van der Waals surface area contributed by atoms with Crippen LogP contribution in [-0.4, -0.2) is 30.3 Å². The third-order valence-corrected chi connectivity index (χ3v) is 3.86. The molecule has 3 aromatic rings. The van der Waals surface area contributed by atoms with Crippen LogP contribution in [0.4, 0.5) is 5.69 Å². The second kappa shape index (κ2) is 8.11. The van der Waals surface area contributed by atoms with E-state index in [1.165, 1.54) is 0 Å². The van der Waals surface area contributed by atoms with Gasteiger partial charge >= 0.3 is 0 Å². The lowest BCUT2D eigenvalue weighted by Gasteiger charge is -2.09. The summed E-state index contributed by atoms with van der Waals surface area (Å²) in [5.74, 6) is 1.07. The molecule has 0 unspecified atom stereocenters. The highest BCUT2D eigenvalue weighted by Gasteiger charge is 2.09. The summed E-state index contributed by atoms with van der Waals surface area (Å²) < 4.78 is 10.3. The highest BCUT2D eigenvalue weighted by Crippen LogP contribution is 2.21. The average Bonchev–Trinajstić information content (AvgIpc) is 2.69. The molecular formula is C20H19N3O3. The van der Waals surface area contributed by atoms with Crippen molar-refractivity contribution in [3.8, 4) is 22.9 Å². The largest absolute Gasteiger partial charge is 0.496 e. The summed E-state index contributed by atoms with van der Waals surface area (Å²) in [5, 5.41) is 11.0. The van der Waals surface area contributed by atoms with E-state index in [1.54, 1.807) is 20.3 Å². The second-order valence-electron chi connectivity index (χ2n) is 5.58. The highest BCUT2D eigenvalue weighted by atomic mass is 16.5. The number of hydrogen-bond donors (Lipinski definition) is 1. The fraction of sp³-hybridized carbons (Fsp3) is 0.150. The molecule has 0 fully saturated rings. The van der Waals surface area contributed by atoms with Crippen molar-refractivity contribution in [1.82, 2.24) is 10.2 Å². The van der Waals surface area contributed by atoms with Crippen LogP contribution < -0.4 is 14.8 Å². The Morgan fingerprint density at radius 2 is 1.69 bits per heavy atom. The van der Waals surface area contributed by atoms with Gasteiger partial charge in [-0.15, -0.1) is 10.2 Å². The van der Waals surface area contributed by atoms with Gasteiger partial charge in [-0.2, -0.15) is 0 Å². The van der Waals surface area contributed by atoms with E-state index < -0.39 is 0 Å². The minimum Gasteiger partial charge on any atom is -0.496 e. The molecule has 0 saturated heterocycles. The number of nitrogens with zero attached hydrogens (tertiary/aromatic N) is 2. The number of anilines is 1. The Kier molecular flexibility index (Phi) is 5.43. The monoisotopic (exact) mass is 349 g/mol. The molecule has 0 aliphatic heterocycles. The van der Waals surface area contributed by atoms with Crippen molar-refractivity contribution in [3.05, 3.63) is 66.2 Å². The summed E-state index contributed by atoms with van der Waals surface area (Å²) in [5.41, 5.74) is 3.20. The average molecular weight is 349 g/mol. The van der Waals surface area contributed by atoms with Crippen molar-refractivity contribution in [2.24, 2.45) is 0 Å². The fourth-order valence-corrected chi connectivity index (χ4v) is 2.53. The molecule has 6 nitrogen and oxygen atoms in total. The Morgan fingerprint density at radius 1 is 0.923 bits per heavy atom. The quantitative estimate of drug-likeness (QED) is 0.739. The molecule has 0 saturated carbocycles. The van der Waals surface area contributed by atoms with Crippen LogP contribution in [0.5, 0.6) is 11.6 Å². The molecule has 0 aliphatic rings. The molecule has 1 aromatic heterocycles. The van der Waals surface area contributed by atoms with Gasteiger partial charge in [-0.1, -0.05) is 30.3 Å². The van der Waals surface area contributed by atoms with Crippen LogP contribution in [0.2, 0.25) is 0 Å². The zero-order valence-electron chi connectivity index (χ0n) is 14.6. The number of aromatic nitrogens is 2. The summed E-state index contributed by atoms with van der Waals surface area (Å²) in [6.07, 6.45) is 0.246. The van der Waals surface area contributed by atoms with Crippen molar-refractivity contribution in [1.29, 1.82) is 0 Å². The first kappa shape index (κ1) is 17.4. The first-order valence-corrected chi connectivity index (χ1v) is 8.09. The normalized spacial score (nSPS) is 10.2. The van der Waals surface area contributed by atoms with E-state index in [4.69, 9.17) is 9.47 Å². The summed E-state index contributed by atoms with van der Waals surface area (Å²) in [4.78, 5) is 12.3. The predicted octanol–water partition coefficient (Wildman–Crippen LogP) is 3.34. The smallest absolute Gasteiger partial charge is 0.233 e. The molecular weight excluding hydrogens is 330 g/mol. The van der Waals surface area contributed by atoms with Gasteiger partial charge in [0.25, 0.3) is 0 Å². The van der Waals surface area contributed by atoms with Crippen molar-refractivity contribution in [2.75, 3.05) is 19.5 Å². The van der Waals surface area contributed by atoms with Gasteiger partial charge in [-0.05, 0) is 24.3 Å². The number of para-hydroxylation sites is 1. The van der Waals surface area contributed by atoms with E-state index in [0.29, 0.717) is 11.6 Å². The molecule has 3 rings (SSSR count). The van der Waals surface area contributed by atoms with Crippen molar-refractivity contribution >= 4 is 11.6 Å². The van der Waals surface area contributed by atoms with Crippen molar-refractivity contribution < 1.29 is 14.3 Å². The molecule has 0 atom stereocenters. The molecule has 26 heavy (non-hydrogen) atoms. The second-order valence-corrected chi connectivity index (χ2v) is 5.58. The third kappa shape index (κ3) is 4.16. The molecule has 1 N–H and O–H groups in total. The Labute approximate surface area is 151 Å². The lowest BCUT2D eigenvalue weighted by atomic mass is 10.1. The zero-order chi connectivity index (χ0) is 18.4. The highest BCUT2D eigenvalue weighted by molar-refractivity contribution is 5.92. The molecule has 0 spiro atoms. The number of amides is 1. The minimum atomic E-state index is -0.105. The topological polar surface area (TPSA) is 73.3 Å². The van der Waals surface area contributed by atoms with Crippen LogP contribution in [0, 0.1) is 0 Å². The fourth-order valence-electron chi connectivity index (χ4n) is 2.53. The van der Waals surface area contributed by atoms with Gasteiger partial charge in [0.2, 0.25) is 11.8 Å². The summed E-state index contributed by atoms with van der Waals surface area (Å²) >= 11 is 0. The minimum absolute atomic E-state index is 0.105. The number of ether oxygens (including phenoxy) is 2. The first-order valence-electron chi connectivity index (χ1n) is 8.09. The van der Waals surface area contributed by atoms with Crippen molar-refractivity contribution in [3.63, 3.8) is 0 Å². The molecule has 0 aliphatic carbocycles. The van der Waals surface area contributed by atoms with Gasteiger partial charge in [0, 0.05) is 22.9 Å². The van der Waals surface area contributed by atoms with E-state index >= 15 is 0 Å². The maximum absolute atomic E-state index is 12.3. The summed E-state index contributed by atoms with van der Waals surface area (Å²) in [6, 6.07) is 18.5. The van der Waals surface area contributed by atoms with Crippen LogP contribution in [0.1, 0.15) is 5.56 Å². The summed E-state index contributed by atoms with van der Waals surface area (Å²) in [7, 11) is 3.14. The van der Waals surface area contributed by atoms with E-state index in [1.807, 2.05) is 54.6 Å². The molecule has 132 valence electrons. The molecule has 1 amide bonds. The van der Waals surface area contributed by atoms with Gasteiger partial charge in [-0.25, -0.2) is 0 Å². The number of carbonyl (C=O) groups excluding carboxylic acids is 1. The lowest BCUT2D eigenvalue weighted by molar-refractivity contribution is -0.115. The van der Waals surface area contributed by atoms with E-state index in [2.05, 4.69) is 15.5 Å². The Bertz CT molecular complexity index is 878. The molecule has 1 heterocycles. The lowest BCUT2D eigenvalue weighted by Crippen LogP contribution is -2.14. The molecule has 2 aromatic carbocycles. The van der Waals surface area contributed by atoms with Crippen LogP contribution in [0.15, 0.2) is 60.7 Å². The van der Waals surface area contributed by atoms with Gasteiger partial charge < -0.3 is 14.8 Å². The maximum Gasteiger partial charge on any atom is 0.233 e. The SMILES string of the molecule is COc1ccc(-c2ccc(NC(=O)Cc3ccccc3OC)cc2)nn1. The Morgan fingerprint density at radius 3 is 2.35 bits per heavy atom. The van der Waals surface area contributed by atoms with Gasteiger partial charge in [0.05, 0.1) is 26.3 Å². The molecule has 0 radical (unpaired) electrons. The Hall–Kier alpha value is -3.41. The third-order valence-electron chi connectivity index (χ3n) is 3.86. The standard InChI is InChI=1S/C20H19N3O3/c1-25-18-6-4-3-5-15(18)13-19(24)21-16-9-7-14(8-10-16)17-11-12-20(26-2)23-22-17/h3-12H,13H2,1-2H3,(H,21,24). The van der Waals surface area contributed by atoms with Crippen molar-refractivity contribution in [2.45, 2.75) is 6.42 Å². The number of nitrogens with one attached hydrogen (secondary N) is 1. The number of hydrogen-bond acceptors (Lipinski definition) is 5. The first-order chi connectivity index (χ1) is 12.7. The van der Waals surface area contributed by atoms with Crippen LogP contribution in [0.3, 0.4) is 0 Å². The Balaban J connectivity index is 1.65. The molecule has 0 bridgehead atoms. The number of rotatable bonds is 6. The van der Waals surface area contributed by atoms with E-state index in [-0.39, 0.29) is 12.3 Å². The van der Waals surface area contributed by atoms with E-state index in [9.17, 15) is 4.79 Å². The van der Waals surface area contributed by atoms with Gasteiger partial charge in [0.1, 0.15) is 5.75 Å². The number of methoxy groups -OCH3 is 2. The molecule has 6 heteroatoms. The maximum atomic E-state index is 12.3. The van der Waals surface area contributed by atoms with Crippen LogP contribution >= 0.6 is 0 Å². The predicted molar refractivity (Wildman–Crippen MR) is 99.3 cm³/mol. The number of benzene rings is 2. The zero-order valence-corrected chi connectivity index (χ0v) is 14.6. The van der Waals surface area contributed by atoms with Crippen LogP contribution in [0.25, 0.3) is 11.3 Å². The van der Waals surface area contributed by atoms with Crippen LogP contribution in [-0.2, 0) is 11.2 Å². The van der Waals surface area contributed by atoms with Gasteiger partial charge in [-0.3, -0.25) is 4.79 Å². The number of carbonyl (C=O) groups is 1. The summed E-state index contributed by atoms with van der Waals surface area (Å²) in [6.45, 7) is 0.